The number of rotatable bonds is 4. The second-order valence-electron chi connectivity index (χ2n) is 13.4. The van der Waals surface area contributed by atoms with Crippen LogP contribution in [0.4, 0.5) is 0 Å². The Labute approximate surface area is 202 Å². The van der Waals surface area contributed by atoms with E-state index < -0.39 is 17.6 Å². The van der Waals surface area contributed by atoms with E-state index in [9.17, 15) is 0 Å². The lowest BCUT2D eigenvalue weighted by Crippen LogP contribution is -2.45. The third-order valence-electron chi connectivity index (χ3n) is 6.04. The Hall–Kier alpha value is -1.39. The molecule has 0 N–H and O–H groups in total. The molecule has 0 aromatic heterocycles. The lowest BCUT2D eigenvalue weighted by molar-refractivity contribution is 0.653. The number of hydrogen-bond acceptors (Lipinski definition) is 0. The monoisotopic (exact) mass is 462 g/mol. The average molecular weight is 463 g/mol. The summed E-state index contributed by atoms with van der Waals surface area (Å²) >= 11 is 0. The Bertz CT molecular complexity index is 800. The van der Waals surface area contributed by atoms with E-state index in [2.05, 4.69) is 138 Å². The molecule has 2 aromatic carbocycles. The van der Waals surface area contributed by atoms with Crippen LogP contribution >= 0.6 is 0 Å². The van der Waals surface area contributed by atoms with Crippen molar-refractivity contribution in [2.24, 2.45) is 0 Å². The first-order valence-corrected chi connectivity index (χ1v) is 15.0. The van der Waals surface area contributed by atoms with Gasteiger partial charge in [0.05, 0.1) is 17.6 Å². The topological polar surface area (TPSA) is 0 Å². The van der Waals surface area contributed by atoms with Gasteiger partial charge in [-0.3, -0.25) is 0 Å². The van der Waals surface area contributed by atoms with Crippen LogP contribution in [-0.4, -0.2) is 17.6 Å². The summed E-state index contributed by atoms with van der Waals surface area (Å²) in [6.45, 7) is 33.2. The lowest BCUT2D eigenvalue weighted by atomic mass is 10.00. The highest BCUT2D eigenvalue weighted by molar-refractivity contribution is 6.78. The van der Waals surface area contributed by atoms with Gasteiger partial charge in [-0.1, -0.05) is 149 Å². The third kappa shape index (κ3) is 6.35. The van der Waals surface area contributed by atoms with Gasteiger partial charge in [0.15, 0.2) is 0 Å². The van der Waals surface area contributed by atoms with Gasteiger partial charge in [-0.05, 0) is 36.9 Å². The predicted molar refractivity (Wildman–Crippen MR) is 151 cm³/mol. The quantitative estimate of drug-likeness (QED) is 0.400. The standard InChI is InChI=1S/C30H46Si2/c1-22(23-14-18-25(19-15-23)31(27(2,3)4)28(5,6)7)24-16-20-26(21-17-24)32(29(8,9)10)30(11,12)13/h14-21H,1H2,2-13H3. The number of benzene rings is 2. The molecule has 0 fully saturated rings. The molecule has 0 atom stereocenters. The van der Waals surface area contributed by atoms with Crippen LogP contribution in [0.25, 0.3) is 5.57 Å². The van der Waals surface area contributed by atoms with Crippen LogP contribution in [0.1, 0.15) is 94.2 Å². The fourth-order valence-electron chi connectivity index (χ4n) is 5.82. The summed E-state index contributed by atoms with van der Waals surface area (Å²) in [7, 11) is -1.46. The third-order valence-corrected chi connectivity index (χ3v) is 13.9. The Morgan fingerprint density at radius 2 is 0.688 bits per heavy atom. The highest BCUT2D eigenvalue weighted by atomic mass is 28.3. The molecule has 0 amide bonds. The van der Waals surface area contributed by atoms with E-state index in [1.807, 2.05) is 0 Å². The van der Waals surface area contributed by atoms with Crippen LogP contribution in [0.15, 0.2) is 55.1 Å². The van der Waals surface area contributed by atoms with E-state index in [1.54, 1.807) is 0 Å². The van der Waals surface area contributed by atoms with Gasteiger partial charge in [0.25, 0.3) is 0 Å². The first-order valence-electron chi connectivity index (χ1n) is 12.0. The summed E-state index contributed by atoms with van der Waals surface area (Å²) in [6, 6.07) is 18.6. The maximum atomic E-state index is 4.46. The van der Waals surface area contributed by atoms with Crippen molar-refractivity contribution in [2.75, 3.05) is 0 Å². The normalized spacial score (nSPS) is 13.7. The van der Waals surface area contributed by atoms with Crippen LogP contribution in [0.2, 0.25) is 20.2 Å². The van der Waals surface area contributed by atoms with Crippen LogP contribution in [-0.2, 0) is 0 Å². The molecule has 0 saturated carbocycles. The maximum absolute atomic E-state index is 4.46. The molecule has 0 saturated heterocycles. The van der Waals surface area contributed by atoms with Crippen molar-refractivity contribution in [1.82, 2.24) is 0 Å². The largest absolute Gasteiger partial charge is 0.0969 e. The summed E-state index contributed by atoms with van der Waals surface area (Å²) in [4.78, 5) is 0. The molecule has 0 heterocycles. The van der Waals surface area contributed by atoms with Gasteiger partial charge < -0.3 is 0 Å². The summed E-state index contributed by atoms with van der Waals surface area (Å²) in [5.74, 6) is 0. The van der Waals surface area contributed by atoms with Crippen LogP contribution in [0.5, 0.6) is 0 Å². The minimum atomic E-state index is -0.728. The van der Waals surface area contributed by atoms with Crippen molar-refractivity contribution < 1.29 is 0 Å². The van der Waals surface area contributed by atoms with Gasteiger partial charge in [-0.15, -0.1) is 0 Å². The van der Waals surface area contributed by atoms with Crippen LogP contribution < -0.4 is 10.4 Å². The molecule has 0 aliphatic heterocycles. The molecule has 2 aromatic rings. The predicted octanol–water partition coefficient (Wildman–Crippen LogP) is 8.35. The molecule has 0 unspecified atom stereocenters. The summed E-state index contributed by atoms with van der Waals surface area (Å²) in [5, 5.41) is 4.30. The molecular formula is C30H46Si2. The van der Waals surface area contributed by atoms with E-state index in [-0.39, 0.29) is 0 Å². The fourth-order valence-corrected chi connectivity index (χ4v) is 14.8. The van der Waals surface area contributed by atoms with Crippen molar-refractivity contribution in [1.29, 1.82) is 0 Å². The van der Waals surface area contributed by atoms with Gasteiger partial charge in [0.1, 0.15) is 0 Å². The zero-order chi connectivity index (χ0) is 24.7. The van der Waals surface area contributed by atoms with Gasteiger partial charge in [-0.25, -0.2) is 0 Å². The molecule has 0 aliphatic carbocycles. The second-order valence-corrected chi connectivity index (χ2v) is 22.0. The molecule has 32 heavy (non-hydrogen) atoms. The van der Waals surface area contributed by atoms with Crippen molar-refractivity contribution in [3.8, 4) is 0 Å². The van der Waals surface area contributed by atoms with E-state index in [0.29, 0.717) is 20.2 Å². The zero-order valence-corrected chi connectivity index (χ0v) is 24.8. The van der Waals surface area contributed by atoms with Crippen molar-refractivity contribution in [3.05, 3.63) is 66.2 Å². The Kier molecular flexibility index (Phi) is 7.64. The minimum absolute atomic E-state index is 0.316. The molecular weight excluding hydrogens is 417 g/mol. The lowest BCUT2D eigenvalue weighted by Gasteiger charge is -2.39. The highest BCUT2D eigenvalue weighted by Gasteiger charge is 2.39. The van der Waals surface area contributed by atoms with Gasteiger partial charge >= 0.3 is 0 Å². The molecule has 0 bridgehead atoms. The van der Waals surface area contributed by atoms with Gasteiger partial charge in [0, 0.05) is 0 Å². The van der Waals surface area contributed by atoms with Crippen LogP contribution in [0.3, 0.4) is 0 Å². The fraction of sp³-hybridized carbons (Fsp3) is 0.533. The highest BCUT2D eigenvalue weighted by Crippen LogP contribution is 2.42. The van der Waals surface area contributed by atoms with Crippen LogP contribution in [0, 0.1) is 0 Å². The minimum Gasteiger partial charge on any atom is -0.0906 e. The average Bonchev–Trinajstić information content (AvgIpc) is 2.57. The first kappa shape index (κ1) is 26.9. The maximum Gasteiger partial charge on any atom is 0.0969 e. The van der Waals surface area contributed by atoms with E-state index in [0.717, 1.165) is 5.57 Å². The molecule has 2 radical (unpaired) electrons. The van der Waals surface area contributed by atoms with E-state index in [4.69, 9.17) is 0 Å². The van der Waals surface area contributed by atoms with Gasteiger partial charge in [-0.2, -0.15) is 0 Å². The number of hydrogen-bond donors (Lipinski definition) is 0. The zero-order valence-electron chi connectivity index (χ0n) is 22.8. The first-order chi connectivity index (χ1) is 14.3. The molecule has 174 valence electrons. The molecule has 2 heteroatoms. The Balaban J connectivity index is 2.33. The van der Waals surface area contributed by atoms with Crippen molar-refractivity contribution >= 4 is 33.5 Å². The van der Waals surface area contributed by atoms with E-state index >= 15 is 0 Å². The molecule has 2 rings (SSSR count). The summed E-state index contributed by atoms with van der Waals surface area (Å²) < 4.78 is 0. The van der Waals surface area contributed by atoms with Gasteiger partial charge in [0.2, 0.25) is 0 Å². The van der Waals surface area contributed by atoms with E-state index in [1.165, 1.54) is 21.5 Å². The molecule has 0 spiro atoms. The Morgan fingerprint density at radius 1 is 0.469 bits per heavy atom. The Morgan fingerprint density at radius 3 is 0.875 bits per heavy atom. The molecule has 0 nitrogen and oxygen atoms in total. The summed E-state index contributed by atoms with van der Waals surface area (Å²) in [6.07, 6.45) is 0. The molecule has 0 aliphatic rings. The second kappa shape index (κ2) is 9.10. The van der Waals surface area contributed by atoms with Crippen molar-refractivity contribution in [3.63, 3.8) is 0 Å². The SMILES string of the molecule is C=C(c1ccc([Si](C(C)(C)C)C(C)(C)C)cc1)c1ccc([Si](C(C)(C)C)C(C)(C)C)cc1. The smallest absolute Gasteiger partial charge is 0.0906 e. The summed E-state index contributed by atoms with van der Waals surface area (Å²) in [5.41, 5.74) is 3.56. The van der Waals surface area contributed by atoms with Crippen molar-refractivity contribution in [2.45, 2.75) is 103 Å².